The van der Waals surface area contributed by atoms with Gasteiger partial charge in [0.1, 0.15) is 10.0 Å². The highest BCUT2D eigenvalue weighted by Crippen LogP contribution is 2.34. The highest BCUT2D eigenvalue weighted by atomic mass is 32.1. The molecule has 2 aromatic heterocycles. The molecule has 0 aliphatic heterocycles. The van der Waals surface area contributed by atoms with Crippen LogP contribution in [0, 0.1) is 6.92 Å². The lowest BCUT2D eigenvalue weighted by atomic mass is 10.1. The Hall–Kier alpha value is -2.16. The van der Waals surface area contributed by atoms with Crippen molar-refractivity contribution < 1.29 is 22.7 Å². The first-order valence-corrected chi connectivity index (χ1v) is 7.36. The number of aryl methyl sites for hydroxylation is 1. The molecule has 124 valence electrons. The predicted molar refractivity (Wildman–Crippen MR) is 80.3 cm³/mol. The first kappa shape index (κ1) is 17.2. The topological polar surface area (TPSA) is 64.1 Å². The zero-order valence-electron chi connectivity index (χ0n) is 12.6. The Morgan fingerprint density at radius 1 is 1.35 bits per heavy atom. The highest BCUT2D eigenvalue weighted by molar-refractivity contribution is 7.19. The summed E-state index contributed by atoms with van der Waals surface area (Å²) >= 11 is 1.13. The number of pyridine rings is 1. The van der Waals surface area contributed by atoms with Crippen LogP contribution in [0.3, 0.4) is 0 Å². The monoisotopic (exact) mass is 345 g/mol. The number of thiazole rings is 1. The van der Waals surface area contributed by atoms with Crippen molar-refractivity contribution >= 4 is 22.4 Å². The van der Waals surface area contributed by atoms with E-state index in [1.165, 1.54) is 0 Å². The molecule has 1 N–H and O–H groups in total. The van der Waals surface area contributed by atoms with Gasteiger partial charge >= 0.3 is 12.3 Å². The lowest BCUT2D eigenvalue weighted by molar-refractivity contribution is -0.242. The second-order valence-electron chi connectivity index (χ2n) is 5.20. The number of rotatable bonds is 3. The molecule has 0 spiro atoms. The summed E-state index contributed by atoms with van der Waals surface area (Å²) in [5.41, 5.74) is -1.35. The molecule has 0 aromatic carbocycles. The van der Waals surface area contributed by atoms with E-state index in [4.69, 9.17) is 0 Å². The van der Waals surface area contributed by atoms with Crippen LogP contribution >= 0.6 is 11.3 Å². The van der Waals surface area contributed by atoms with E-state index in [-0.39, 0.29) is 0 Å². The Bertz CT molecular complexity index is 699. The number of hydrogen-bond donors (Lipinski definition) is 1. The van der Waals surface area contributed by atoms with Gasteiger partial charge in [-0.2, -0.15) is 13.2 Å². The highest BCUT2D eigenvalue weighted by Gasteiger charge is 2.51. The molecule has 0 aliphatic carbocycles. The van der Waals surface area contributed by atoms with E-state index in [2.05, 4.69) is 20.0 Å². The van der Waals surface area contributed by atoms with Crippen LogP contribution in [-0.4, -0.2) is 27.8 Å². The molecule has 5 nitrogen and oxygen atoms in total. The van der Waals surface area contributed by atoms with E-state index in [0.717, 1.165) is 30.7 Å². The third-order valence-corrected chi connectivity index (χ3v) is 4.07. The van der Waals surface area contributed by atoms with Gasteiger partial charge in [0, 0.05) is 18.0 Å². The number of ether oxygens (including phenoxy) is 1. The maximum atomic E-state index is 12.7. The number of aromatic nitrogens is 2. The molecular weight excluding hydrogens is 331 g/mol. The molecule has 0 unspecified atom stereocenters. The number of halogens is 3. The van der Waals surface area contributed by atoms with Crippen LogP contribution in [0.4, 0.5) is 23.0 Å². The van der Waals surface area contributed by atoms with E-state index in [1.54, 1.807) is 31.5 Å². The number of hydrogen-bond acceptors (Lipinski definition) is 5. The van der Waals surface area contributed by atoms with Gasteiger partial charge in [0.15, 0.2) is 0 Å². The molecule has 0 fully saturated rings. The molecule has 0 atom stereocenters. The van der Waals surface area contributed by atoms with E-state index in [0.29, 0.717) is 15.7 Å². The normalized spacial score (nSPS) is 12.1. The summed E-state index contributed by atoms with van der Waals surface area (Å²) in [5.74, 6) is 0. The zero-order chi connectivity index (χ0) is 17.3. The third kappa shape index (κ3) is 3.98. The number of carbonyl (C=O) groups is 1. The van der Waals surface area contributed by atoms with Gasteiger partial charge in [-0.3, -0.25) is 10.3 Å². The van der Waals surface area contributed by atoms with Gasteiger partial charge < -0.3 is 4.74 Å². The maximum Gasteiger partial charge on any atom is 0.427 e. The summed E-state index contributed by atoms with van der Waals surface area (Å²) in [5, 5.41) is 3.23. The molecule has 0 saturated heterocycles. The van der Waals surface area contributed by atoms with Gasteiger partial charge in [-0.1, -0.05) is 11.3 Å². The lowest BCUT2D eigenvalue weighted by Gasteiger charge is -2.27. The van der Waals surface area contributed by atoms with Crippen molar-refractivity contribution in [1.29, 1.82) is 0 Å². The van der Waals surface area contributed by atoms with E-state index >= 15 is 0 Å². The van der Waals surface area contributed by atoms with Crippen molar-refractivity contribution in [2.45, 2.75) is 32.5 Å². The summed E-state index contributed by atoms with van der Waals surface area (Å²) in [6.07, 6.45) is -2.63. The van der Waals surface area contributed by atoms with Crippen LogP contribution in [0.5, 0.6) is 0 Å². The third-order valence-electron chi connectivity index (χ3n) is 2.95. The molecule has 23 heavy (non-hydrogen) atoms. The molecule has 1 amide bonds. The number of nitrogens with zero attached hydrogens (tertiary/aromatic N) is 2. The number of alkyl halides is 3. The molecule has 2 aromatic rings. The average molecular weight is 345 g/mol. The van der Waals surface area contributed by atoms with Crippen molar-refractivity contribution in [1.82, 2.24) is 9.97 Å². The van der Waals surface area contributed by atoms with Gasteiger partial charge in [0.05, 0.1) is 5.69 Å². The van der Waals surface area contributed by atoms with E-state index in [1.807, 2.05) is 0 Å². The molecule has 0 saturated carbocycles. The Balaban J connectivity index is 2.12. The molecule has 0 radical (unpaired) electrons. The maximum absolute atomic E-state index is 12.7. The quantitative estimate of drug-likeness (QED) is 0.895. The average Bonchev–Trinajstić information content (AvgIpc) is 2.79. The number of amides is 1. The minimum Gasteiger partial charge on any atom is -0.434 e. The number of anilines is 1. The van der Waals surface area contributed by atoms with Gasteiger partial charge in [-0.25, -0.2) is 9.78 Å². The van der Waals surface area contributed by atoms with Crippen molar-refractivity contribution in [2.24, 2.45) is 0 Å². The number of carbonyl (C=O) groups excluding carboxylic acids is 1. The molecule has 2 heterocycles. The summed E-state index contributed by atoms with van der Waals surface area (Å²) in [7, 11) is 0. The first-order valence-electron chi connectivity index (χ1n) is 6.55. The minimum absolute atomic E-state index is 0.326. The summed E-state index contributed by atoms with van der Waals surface area (Å²) in [6.45, 7) is 3.21. The second kappa shape index (κ2) is 6.15. The first-order chi connectivity index (χ1) is 10.6. The van der Waals surface area contributed by atoms with Gasteiger partial charge in [-0.15, -0.1) is 0 Å². The van der Waals surface area contributed by atoms with E-state index < -0.39 is 17.9 Å². The lowest BCUT2D eigenvalue weighted by Crippen LogP contribution is -2.44. The van der Waals surface area contributed by atoms with Crippen molar-refractivity contribution in [3.05, 3.63) is 30.2 Å². The molecule has 9 heteroatoms. The number of nitrogens with one attached hydrogen (secondary N) is 1. The van der Waals surface area contributed by atoms with Crippen LogP contribution < -0.4 is 5.32 Å². The summed E-state index contributed by atoms with van der Waals surface area (Å²) in [4.78, 5) is 19.9. The van der Waals surface area contributed by atoms with Crippen molar-refractivity contribution in [2.75, 3.05) is 5.32 Å². The fraction of sp³-hybridized carbons (Fsp3) is 0.357. The molecule has 2 rings (SSSR count). The largest absolute Gasteiger partial charge is 0.434 e. The second-order valence-corrected chi connectivity index (χ2v) is 6.20. The molecule has 0 bridgehead atoms. The van der Waals surface area contributed by atoms with Gasteiger partial charge in [0.25, 0.3) is 0 Å². The SMILES string of the molecule is Cc1nc(-c2cccnc2)sc1NC(=O)OC(C)(C)C(F)(F)F. The standard InChI is InChI=1S/C14H14F3N3O2S/c1-8-10(20-12(21)22-13(2,3)14(15,16)17)23-11(19-8)9-5-4-6-18-7-9/h4-7H,1-3H3,(H,20,21). The van der Waals surface area contributed by atoms with Crippen LogP contribution in [-0.2, 0) is 4.74 Å². The van der Waals surface area contributed by atoms with Gasteiger partial charge in [-0.05, 0) is 32.9 Å². The van der Waals surface area contributed by atoms with E-state index in [9.17, 15) is 18.0 Å². The molecule has 0 aliphatic rings. The van der Waals surface area contributed by atoms with Crippen molar-refractivity contribution in [3.63, 3.8) is 0 Å². The Morgan fingerprint density at radius 2 is 2.04 bits per heavy atom. The zero-order valence-corrected chi connectivity index (χ0v) is 13.4. The fourth-order valence-electron chi connectivity index (χ4n) is 1.53. The summed E-state index contributed by atoms with van der Waals surface area (Å²) in [6, 6.07) is 3.53. The van der Waals surface area contributed by atoms with Gasteiger partial charge in [0.2, 0.25) is 5.60 Å². The van der Waals surface area contributed by atoms with Crippen LogP contribution in [0.1, 0.15) is 19.5 Å². The Labute approximate surface area is 134 Å². The van der Waals surface area contributed by atoms with Crippen molar-refractivity contribution in [3.8, 4) is 10.6 Å². The predicted octanol–water partition coefficient (Wildman–Crippen LogP) is 4.40. The minimum atomic E-state index is -4.66. The molecular formula is C14H14F3N3O2S. The van der Waals surface area contributed by atoms with Crippen LogP contribution in [0.15, 0.2) is 24.5 Å². The fourth-order valence-corrected chi connectivity index (χ4v) is 2.48. The smallest absolute Gasteiger partial charge is 0.427 e. The summed E-state index contributed by atoms with van der Waals surface area (Å²) < 4.78 is 42.6. The Kier molecular flexibility index (Phi) is 4.60. The van der Waals surface area contributed by atoms with Crippen LogP contribution in [0.25, 0.3) is 10.6 Å². The Morgan fingerprint density at radius 3 is 2.61 bits per heavy atom. The van der Waals surface area contributed by atoms with Crippen LogP contribution in [0.2, 0.25) is 0 Å².